The molecule has 29 heavy (non-hydrogen) atoms. The minimum Gasteiger partial charge on any atom is -0.477 e. The van der Waals surface area contributed by atoms with Gasteiger partial charge in [-0.1, -0.05) is 11.6 Å². The first kappa shape index (κ1) is 21.2. The molecule has 0 saturated heterocycles. The van der Waals surface area contributed by atoms with Crippen molar-refractivity contribution in [2.45, 2.75) is 44.4 Å². The van der Waals surface area contributed by atoms with E-state index in [0.717, 1.165) is 31.0 Å². The Labute approximate surface area is 169 Å². The fourth-order valence-corrected chi connectivity index (χ4v) is 3.74. The van der Waals surface area contributed by atoms with Gasteiger partial charge in [-0.25, -0.2) is 4.79 Å². The summed E-state index contributed by atoms with van der Waals surface area (Å²) >= 11 is 5.92. The van der Waals surface area contributed by atoms with Crippen LogP contribution in [0.3, 0.4) is 0 Å². The Morgan fingerprint density at radius 1 is 1.21 bits per heavy atom. The smallest absolute Gasteiger partial charge is 0.416 e. The number of amides is 1. The first-order chi connectivity index (χ1) is 13.6. The van der Waals surface area contributed by atoms with Gasteiger partial charge in [0.15, 0.2) is 0 Å². The van der Waals surface area contributed by atoms with Crippen LogP contribution in [0, 0.1) is 5.92 Å². The number of carbonyl (C=O) groups excluding carboxylic acids is 1. The van der Waals surface area contributed by atoms with Gasteiger partial charge in [0.1, 0.15) is 5.69 Å². The van der Waals surface area contributed by atoms with Crippen LogP contribution in [-0.2, 0) is 12.7 Å². The quantitative estimate of drug-likeness (QED) is 0.744. The SMILES string of the molecule is O=C(NC1CCC(Cn2nccc2C(=O)O)CC1)c1cc(C(F)(F)F)ccc1Cl. The molecule has 0 atom stereocenters. The van der Waals surface area contributed by atoms with Gasteiger partial charge < -0.3 is 10.4 Å². The number of nitrogens with zero attached hydrogens (tertiary/aromatic N) is 2. The molecule has 2 N–H and O–H groups in total. The third-order valence-corrected chi connectivity index (χ3v) is 5.42. The van der Waals surface area contributed by atoms with E-state index in [4.69, 9.17) is 16.7 Å². The molecule has 0 aliphatic heterocycles. The summed E-state index contributed by atoms with van der Waals surface area (Å²) in [6.07, 6.45) is -0.374. The van der Waals surface area contributed by atoms with E-state index in [9.17, 15) is 22.8 Å². The largest absolute Gasteiger partial charge is 0.477 e. The van der Waals surface area contributed by atoms with Crippen LogP contribution >= 0.6 is 11.6 Å². The minimum atomic E-state index is -4.56. The number of nitrogens with one attached hydrogen (secondary N) is 1. The fraction of sp³-hybridized carbons (Fsp3) is 0.421. The molecule has 1 aromatic carbocycles. The average molecular weight is 430 g/mol. The van der Waals surface area contributed by atoms with E-state index in [1.807, 2.05) is 0 Å². The summed E-state index contributed by atoms with van der Waals surface area (Å²) in [5.41, 5.74) is -1.00. The molecule has 156 valence electrons. The highest BCUT2D eigenvalue weighted by molar-refractivity contribution is 6.33. The number of benzene rings is 1. The van der Waals surface area contributed by atoms with Crippen molar-refractivity contribution in [2.75, 3.05) is 0 Å². The Morgan fingerprint density at radius 3 is 2.52 bits per heavy atom. The van der Waals surface area contributed by atoms with Crippen molar-refractivity contribution in [3.8, 4) is 0 Å². The second-order valence-corrected chi connectivity index (χ2v) is 7.49. The minimum absolute atomic E-state index is 0.0379. The zero-order valence-electron chi connectivity index (χ0n) is 15.2. The van der Waals surface area contributed by atoms with E-state index in [1.165, 1.54) is 16.9 Å². The van der Waals surface area contributed by atoms with Crippen LogP contribution in [-0.4, -0.2) is 32.8 Å². The molecule has 3 rings (SSSR count). The molecule has 1 fully saturated rings. The lowest BCUT2D eigenvalue weighted by Gasteiger charge is -2.29. The van der Waals surface area contributed by atoms with Gasteiger partial charge in [0.2, 0.25) is 0 Å². The fourth-order valence-electron chi connectivity index (χ4n) is 3.53. The molecule has 6 nitrogen and oxygen atoms in total. The topological polar surface area (TPSA) is 84.2 Å². The Morgan fingerprint density at radius 2 is 1.90 bits per heavy atom. The number of carbonyl (C=O) groups is 2. The number of aromatic nitrogens is 2. The highest BCUT2D eigenvalue weighted by atomic mass is 35.5. The van der Waals surface area contributed by atoms with E-state index in [-0.39, 0.29) is 28.2 Å². The monoisotopic (exact) mass is 429 g/mol. The molecule has 0 spiro atoms. The number of carboxylic acid groups (broad SMARTS) is 1. The predicted molar refractivity (Wildman–Crippen MR) is 98.9 cm³/mol. The first-order valence-electron chi connectivity index (χ1n) is 9.08. The summed E-state index contributed by atoms with van der Waals surface area (Å²) in [5.74, 6) is -1.47. The van der Waals surface area contributed by atoms with E-state index in [0.29, 0.717) is 19.4 Å². The van der Waals surface area contributed by atoms with E-state index in [2.05, 4.69) is 10.4 Å². The highest BCUT2D eigenvalue weighted by Crippen LogP contribution is 2.32. The van der Waals surface area contributed by atoms with Crippen LogP contribution in [0.4, 0.5) is 13.2 Å². The Kier molecular flexibility index (Phi) is 6.16. The number of hydrogen-bond donors (Lipinski definition) is 2. The van der Waals surface area contributed by atoms with Gasteiger partial charge in [0.05, 0.1) is 16.1 Å². The third kappa shape index (κ3) is 5.09. The summed E-state index contributed by atoms with van der Waals surface area (Å²) in [6.45, 7) is 0.467. The molecule has 1 aliphatic carbocycles. The van der Waals surface area contributed by atoms with Crippen LogP contribution in [0.15, 0.2) is 30.5 Å². The van der Waals surface area contributed by atoms with E-state index in [1.54, 1.807) is 0 Å². The molecule has 0 unspecified atom stereocenters. The van der Waals surface area contributed by atoms with E-state index < -0.39 is 23.6 Å². The van der Waals surface area contributed by atoms with Gasteiger partial charge >= 0.3 is 12.1 Å². The average Bonchev–Trinajstić information content (AvgIpc) is 3.11. The summed E-state index contributed by atoms with van der Waals surface area (Å²) in [6, 6.07) is 3.92. The van der Waals surface area contributed by atoms with Crippen LogP contribution in [0.2, 0.25) is 5.02 Å². The molecule has 0 bridgehead atoms. The van der Waals surface area contributed by atoms with Gasteiger partial charge in [-0.05, 0) is 55.9 Å². The molecule has 1 amide bonds. The maximum absolute atomic E-state index is 12.9. The molecule has 1 aliphatic rings. The van der Waals surface area contributed by atoms with Crippen LogP contribution in [0.1, 0.15) is 52.1 Å². The Bertz CT molecular complexity index is 906. The zero-order valence-corrected chi connectivity index (χ0v) is 16.0. The Hall–Kier alpha value is -2.55. The van der Waals surface area contributed by atoms with E-state index >= 15 is 0 Å². The maximum atomic E-state index is 12.9. The summed E-state index contributed by atoms with van der Waals surface area (Å²) in [5, 5.41) is 15.9. The molecule has 10 heteroatoms. The number of halogens is 4. The second-order valence-electron chi connectivity index (χ2n) is 7.09. The normalized spacial score (nSPS) is 19.7. The Balaban J connectivity index is 1.58. The number of hydrogen-bond acceptors (Lipinski definition) is 3. The number of carboxylic acids is 1. The lowest BCUT2D eigenvalue weighted by molar-refractivity contribution is -0.137. The molecule has 1 heterocycles. The summed E-state index contributed by atoms with van der Waals surface area (Å²) in [4.78, 5) is 23.6. The zero-order chi connectivity index (χ0) is 21.2. The van der Waals surface area contributed by atoms with Crippen LogP contribution < -0.4 is 5.32 Å². The number of aromatic carboxylic acids is 1. The van der Waals surface area contributed by atoms with Crippen molar-refractivity contribution in [1.82, 2.24) is 15.1 Å². The van der Waals surface area contributed by atoms with Crippen molar-refractivity contribution < 1.29 is 27.9 Å². The van der Waals surface area contributed by atoms with Gasteiger partial charge in [-0.3, -0.25) is 9.48 Å². The van der Waals surface area contributed by atoms with Crippen LogP contribution in [0.25, 0.3) is 0 Å². The number of rotatable bonds is 5. The molecule has 1 aromatic heterocycles. The lowest BCUT2D eigenvalue weighted by Crippen LogP contribution is -2.38. The van der Waals surface area contributed by atoms with Crippen LogP contribution in [0.5, 0.6) is 0 Å². The van der Waals surface area contributed by atoms with Crippen molar-refractivity contribution in [1.29, 1.82) is 0 Å². The molecular weight excluding hydrogens is 411 g/mol. The van der Waals surface area contributed by atoms with Crippen molar-refractivity contribution in [3.05, 3.63) is 52.3 Å². The second kappa shape index (κ2) is 8.44. The highest BCUT2D eigenvalue weighted by Gasteiger charge is 2.32. The summed E-state index contributed by atoms with van der Waals surface area (Å²) < 4.78 is 40.1. The first-order valence-corrected chi connectivity index (χ1v) is 9.45. The molecule has 1 saturated carbocycles. The molecule has 2 aromatic rings. The van der Waals surface area contributed by atoms with Crippen molar-refractivity contribution >= 4 is 23.5 Å². The van der Waals surface area contributed by atoms with Crippen molar-refractivity contribution in [3.63, 3.8) is 0 Å². The van der Waals surface area contributed by atoms with Crippen molar-refractivity contribution in [2.24, 2.45) is 5.92 Å². The maximum Gasteiger partial charge on any atom is 0.416 e. The van der Waals surface area contributed by atoms with Gasteiger partial charge in [-0.2, -0.15) is 18.3 Å². The van der Waals surface area contributed by atoms with Gasteiger partial charge in [0, 0.05) is 18.8 Å². The predicted octanol–water partition coefficient (Wildman–Crippen LogP) is 4.24. The van der Waals surface area contributed by atoms with Gasteiger partial charge in [-0.15, -0.1) is 0 Å². The standard InChI is InChI=1S/C19H19ClF3N3O3/c20-15-6-3-12(19(21,22)23)9-14(15)17(27)25-13-4-1-11(2-5-13)10-26-16(18(28)29)7-8-24-26/h3,6-9,11,13H,1-2,4-5,10H2,(H,25,27)(H,28,29). The molecular formula is C19H19ClF3N3O3. The molecule has 0 radical (unpaired) electrons. The lowest BCUT2D eigenvalue weighted by atomic mass is 9.86. The number of alkyl halides is 3. The summed E-state index contributed by atoms with van der Waals surface area (Å²) in [7, 11) is 0. The third-order valence-electron chi connectivity index (χ3n) is 5.09. The van der Waals surface area contributed by atoms with Gasteiger partial charge in [0.25, 0.3) is 5.91 Å².